The predicted octanol–water partition coefficient (Wildman–Crippen LogP) is 6.54. The van der Waals surface area contributed by atoms with E-state index in [1.54, 1.807) is 0 Å². The molecule has 0 fully saturated rings. The molecule has 0 saturated carbocycles. The third-order valence-electron chi connectivity index (χ3n) is 5.02. The van der Waals surface area contributed by atoms with Crippen LogP contribution in [0.1, 0.15) is 0 Å². The Hall–Kier alpha value is -4.11. The summed E-state index contributed by atoms with van der Waals surface area (Å²) >= 11 is 0. The summed E-state index contributed by atoms with van der Waals surface area (Å²) in [4.78, 5) is 14.1. The Bertz CT molecular complexity index is 1150. The van der Waals surface area contributed by atoms with E-state index in [9.17, 15) is 0 Å². The van der Waals surface area contributed by atoms with Crippen molar-refractivity contribution >= 4 is 0 Å². The molecule has 0 aliphatic carbocycles. The minimum absolute atomic E-state index is 0.834. The van der Waals surface area contributed by atoms with Crippen LogP contribution in [0.25, 0.3) is 45.0 Å². The quantitative estimate of drug-likeness (QED) is 0.352. The monoisotopic (exact) mass is 385 g/mol. The molecule has 0 N–H and O–H groups in total. The van der Waals surface area contributed by atoms with Gasteiger partial charge in [0.15, 0.2) is 0 Å². The van der Waals surface area contributed by atoms with Crippen LogP contribution in [-0.4, -0.2) is 15.0 Å². The molecule has 0 aliphatic heterocycles. The van der Waals surface area contributed by atoms with E-state index in [4.69, 9.17) is 4.98 Å². The number of hydrogen-bond donors (Lipinski definition) is 0. The molecule has 0 unspecified atom stereocenters. The van der Waals surface area contributed by atoms with Gasteiger partial charge in [-0.15, -0.1) is 0 Å². The largest absolute Gasteiger partial charge is 0.254 e. The van der Waals surface area contributed by atoms with Crippen LogP contribution in [0.4, 0.5) is 0 Å². The number of benzene rings is 2. The van der Waals surface area contributed by atoms with Crippen molar-refractivity contribution in [3.8, 4) is 45.0 Å². The molecule has 2 aromatic carbocycles. The maximum absolute atomic E-state index is 4.79. The van der Waals surface area contributed by atoms with Crippen molar-refractivity contribution in [3.63, 3.8) is 0 Å². The van der Waals surface area contributed by atoms with Gasteiger partial charge in [0.05, 0.1) is 22.8 Å². The molecule has 3 aromatic heterocycles. The van der Waals surface area contributed by atoms with E-state index in [2.05, 4.69) is 46.4 Å². The van der Waals surface area contributed by atoms with Gasteiger partial charge in [0.25, 0.3) is 0 Å². The smallest absolute Gasteiger partial charge is 0.0894 e. The summed E-state index contributed by atoms with van der Waals surface area (Å²) in [5.74, 6) is 0. The summed E-state index contributed by atoms with van der Waals surface area (Å²) in [7, 11) is 0. The minimum atomic E-state index is 0.834. The fraction of sp³-hybridized carbons (Fsp3) is 0. The first-order chi connectivity index (χ1) is 14.9. The Kier molecular flexibility index (Phi) is 4.84. The fourth-order valence-electron chi connectivity index (χ4n) is 3.41. The highest BCUT2D eigenvalue weighted by Gasteiger charge is 2.07. The van der Waals surface area contributed by atoms with Gasteiger partial charge in [-0.25, -0.2) is 4.98 Å². The van der Waals surface area contributed by atoms with E-state index >= 15 is 0 Å². The number of aromatic nitrogens is 3. The van der Waals surface area contributed by atoms with E-state index in [0.717, 1.165) is 45.0 Å². The first kappa shape index (κ1) is 18.0. The van der Waals surface area contributed by atoms with E-state index < -0.39 is 0 Å². The van der Waals surface area contributed by atoms with Crippen LogP contribution < -0.4 is 0 Å². The molecule has 0 aliphatic rings. The fourth-order valence-corrected chi connectivity index (χ4v) is 3.41. The number of rotatable bonds is 4. The minimum Gasteiger partial charge on any atom is -0.254 e. The van der Waals surface area contributed by atoms with Crippen molar-refractivity contribution in [2.24, 2.45) is 0 Å². The van der Waals surface area contributed by atoms with E-state index in [1.165, 1.54) is 0 Å². The van der Waals surface area contributed by atoms with E-state index in [1.807, 2.05) is 79.1 Å². The molecule has 5 rings (SSSR count). The third-order valence-corrected chi connectivity index (χ3v) is 5.02. The zero-order chi connectivity index (χ0) is 20.2. The average Bonchev–Trinajstić information content (AvgIpc) is 2.85. The van der Waals surface area contributed by atoms with Crippen molar-refractivity contribution in [1.82, 2.24) is 15.0 Å². The highest BCUT2D eigenvalue weighted by atomic mass is 14.8. The number of pyridine rings is 3. The maximum Gasteiger partial charge on any atom is 0.0894 e. The molecule has 5 aromatic rings. The first-order valence-electron chi connectivity index (χ1n) is 9.87. The van der Waals surface area contributed by atoms with Crippen molar-refractivity contribution in [3.05, 3.63) is 116 Å². The molecule has 142 valence electrons. The standard InChI is InChI=1S/C27H19N3/c1-3-8-20(9-4-1)22-14-16-24(28-18-22)26-12-7-13-27(30-26)25-17-15-23(19-29-25)21-10-5-2-6-11-21/h1-19H. The summed E-state index contributed by atoms with van der Waals surface area (Å²) in [5.41, 5.74) is 7.85. The second-order valence-corrected chi connectivity index (χ2v) is 7.00. The molecule has 30 heavy (non-hydrogen) atoms. The van der Waals surface area contributed by atoms with Gasteiger partial charge in [-0.2, -0.15) is 0 Å². The van der Waals surface area contributed by atoms with Crippen LogP contribution in [0.5, 0.6) is 0 Å². The summed E-state index contributed by atoms with van der Waals surface area (Å²) in [6, 6.07) is 34.6. The van der Waals surface area contributed by atoms with Gasteiger partial charge in [-0.1, -0.05) is 78.9 Å². The van der Waals surface area contributed by atoms with Crippen LogP contribution >= 0.6 is 0 Å². The van der Waals surface area contributed by atoms with Crippen LogP contribution in [0.15, 0.2) is 116 Å². The van der Waals surface area contributed by atoms with Gasteiger partial charge in [0, 0.05) is 23.5 Å². The van der Waals surface area contributed by atoms with E-state index in [-0.39, 0.29) is 0 Å². The van der Waals surface area contributed by atoms with Gasteiger partial charge >= 0.3 is 0 Å². The molecule has 0 saturated heterocycles. The Morgan fingerprint density at radius 3 is 1.20 bits per heavy atom. The van der Waals surface area contributed by atoms with Crippen molar-refractivity contribution in [2.75, 3.05) is 0 Å². The molecule has 3 heteroatoms. The molecule has 0 spiro atoms. The molecule has 0 atom stereocenters. The lowest BCUT2D eigenvalue weighted by molar-refractivity contribution is 1.22. The van der Waals surface area contributed by atoms with Crippen molar-refractivity contribution in [2.45, 2.75) is 0 Å². The highest BCUT2D eigenvalue weighted by molar-refractivity contribution is 5.68. The molecule has 0 amide bonds. The Morgan fingerprint density at radius 2 is 0.800 bits per heavy atom. The topological polar surface area (TPSA) is 38.7 Å². The normalized spacial score (nSPS) is 10.7. The third kappa shape index (κ3) is 3.74. The zero-order valence-electron chi connectivity index (χ0n) is 16.3. The zero-order valence-corrected chi connectivity index (χ0v) is 16.3. The number of nitrogens with zero attached hydrogens (tertiary/aromatic N) is 3. The molecular formula is C27H19N3. The average molecular weight is 385 g/mol. The molecular weight excluding hydrogens is 366 g/mol. The Balaban J connectivity index is 1.42. The molecule has 3 nitrogen and oxygen atoms in total. The molecule has 0 radical (unpaired) electrons. The van der Waals surface area contributed by atoms with Crippen LogP contribution in [-0.2, 0) is 0 Å². The lowest BCUT2D eigenvalue weighted by Gasteiger charge is -2.07. The Labute approximate surface area is 175 Å². The van der Waals surface area contributed by atoms with Crippen molar-refractivity contribution in [1.29, 1.82) is 0 Å². The van der Waals surface area contributed by atoms with Gasteiger partial charge < -0.3 is 0 Å². The highest BCUT2D eigenvalue weighted by Crippen LogP contribution is 2.25. The van der Waals surface area contributed by atoms with Crippen LogP contribution in [0.3, 0.4) is 0 Å². The Morgan fingerprint density at radius 1 is 0.333 bits per heavy atom. The predicted molar refractivity (Wildman–Crippen MR) is 122 cm³/mol. The SMILES string of the molecule is c1ccc(-c2ccc(-c3cccc(-c4ccc(-c5ccccc5)cn4)n3)nc2)cc1. The van der Waals surface area contributed by atoms with Gasteiger partial charge in [-0.3, -0.25) is 9.97 Å². The van der Waals surface area contributed by atoms with Crippen LogP contribution in [0.2, 0.25) is 0 Å². The maximum atomic E-state index is 4.79. The van der Waals surface area contributed by atoms with Gasteiger partial charge in [0.2, 0.25) is 0 Å². The first-order valence-corrected chi connectivity index (χ1v) is 9.87. The summed E-state index contributed by atoms with van der Waals surface area (Å²) < 4.78 is 0. The number of hydrogen-bond acceptors (Lipinski definition) is 3. The summed E-state index contributed by atoms with van der Waals surface area (Å²) in [6.07, 6.45) is 3.79. The van der Waals surface area contributed by atoms with Crippen molar-refractivity contribution < 1.29 is 0 Å². The van der Waals surface area contributed by atoms with E-state index in [0.29, 0.717) is 0 Å². The lowest BCUT2D eigenvalue weighted by Crippen LogP contribution is -1.92. The summed E-state index contributed by atoms with van der Waals surface area (Å²) in [6.45, 7) is 0. The molecule has 3 heterocycles. The summed E-state index contributed by atoms with van der Waals surface area (Å²) in [5, 5.41) is 0. The van der Waals surface area contributed by atoms with Crippen LogP contribution in [0, 0.1) is 0 Å². The van der Waals surface area contributed by atoms with Gasteiger partial charge in [0.1, 0.15) is 0 Å². The lowest BCUT2D eigenvalue weighted by atomic mass is 10.1. The second-order valence-electron chi connectivity index (χ2n) is 7.00. The van der Waals surface area contributed by atoms with Gasteiger partial charge in [-0.05, 0) is 35.4 Å². The molecule has 0 bridgehead atoms. The second kappa shape index (κ2) is 8.10.